The fraction of sp³-hybridized carbons (Fsp3) is 0.636. The normalized spacial score (nSPS) is 11.2. The van der Waals surface area contributed by atoms with Gasteiger partial charge >= 0.3 is 6.03 Å². The molecule has 0 radical (unpaired) electrons. The first kappa shape index (κ1) is 12.5. The SMILES string of the molecule is CCCNC(=O)Nc1cc(C(C)(C)C)[nH]n1. The quantitative estimate of drug-likeness (QED) is 0.737. The molecule has 1 heterocycles. The molecular formula is C11H20N4O. The summed E-state index contributed by atoms with van der Waals surface area (Å²) in [6.07, 6.45) is 0.918. The number of H-pyrrole nitrogens is 1. The van der Waals surface area contributed by atoms with E-state index in [9.17, 15) is 4.79 Å². The molecule has 3 N–H and O–H groups in total. The third-order valence-electron chi connectivity index (χ3n) is 2.16. The molecule has 5 nitrogen and oxygen atoms in total. The molecule has 0 spiro atoms. The predicted octanol–water partition coefficient (Wildman–Crippen LogP) is 2.24. The summed E-state index contributed by atoms with van der Waals surface area (Å²) < 4.78 is 0. The highest BCUT2D eigenvalue weighted by molar-refractivity contribution is 5.88. The van der Waals surface area contributed by atoms with E-state index in [1.54, 1.807) is 0 Å². The number of carbonyl (C=O) groups is 1. The molecule has 5 heteroatoms. The van der Waals surface area contributed by atoms with E-state index < -0.39 is 0 Å². The van der Waals surface area contributed by atoms with Crippen LogP contribution < -0.4 is 10.6 Å². The molecule has 0 fully saturated rings. The number of hydrogen-bond acceptors (Lipinski definition) is 2. The number of nitrogens with one attached hydrogen (secondary N) is 3. The lowest BCUT2D eigenvalue weighted by Gasteiger charge is -2.14. The van der Waals surface area contributed by atoms with Gasteiger partial charge in [0.15, 0.2) is 5.82 Å². The molecule has 0 aliphatic heterocycles. The topological polar surface area (TPSA) is 69.8 Å². The van der Waals surface area contributed by atoms with Crippen molar-refractivity contribution in [3.05, 3.63) is 11.8 Å². The van der Waals surface area contributed by atoms with Crippen molar-refractivity contribution in [2.75, 3.05) is 11.9 Å². The monoisotopic (exact) mass is 224 g/mol. The zero-order chi connectivity index (χ0) is 12.2. The maximum Gasteiger partial charge on any atom is 0.320 e. The Bertz CT molecular complexity index is 351. The average Bonchev–Trinajstić information content (AvgIpc) is 2.62. The number of aromatic amines is 1. The van der Waals surface area contributed by atoms with Crippen molar-refractivity contribution in [1.29, 1.82) is 0 Å². The van der Waals surface area contributed by atoms with Crippen LogP contribution >= 0.6 is 0 Å². The van der Waals surface area contributed by atoms with Crippen LogP contribution in [0.5, 0.6) is 0 Å². The van der Waals surface area contributed by atoms with E-state index in [1.807, 2.05) is 13.0 Å². The molecule has 0 bridgehead atoms. The van der Waals surface area contributed by atoms with Gasteiger partial charge in [0.05, 0.1) is 0 Å². The van der Waals surface area contributed by atoms with E-state index in [1.165, 1.54) is 0 Å². The number of carbonyl (C=O) groups excluding carboxylic acids is 1. The second kappa shape index (κ2) is 5.01. The Balaban J connectivity index is 2.56. The van der Waals surface area contributed by atoms with Crippen LogP contribution in [0.1, 0.15) is 39.8 Å². The van der Waals surface area contributed by atoms with Crippen LogP contribution in [0.15, 0.2) is 6.07 Å². The zero-order valence-electron chi connectivity index (χ0n) is 10.3. The lowest BCUT2D eigenvalue weighted by molar-refractivity contribution is 0.252. The second-order valence-corrected chi connectivity index (χ2v) is 4.80. The summed E-state index contributed by atoms with van der Waals surface area (Å²) in [5.74, 6) is 0.554. The number of nitrogens with zero attached hydrogens (tertiary/aromatic N) is 1. The van der Waals surface area contributed by atoms with E-state index in [0.29, 0.717) is 12.4 Å². The maximum absolute atomic E-state index is 11.4. The van der Waals surface area contributed by atoms with Crippen LogP contribution in [0.2, 0.25) is 0 Å². The lowest BCUT2D eigenvalue weighted by atomic mass is 9.92. The Morgan fingerprint density at radius 1 is 1.50 bits per heavy atom. The molecule has 1 rings (SSSR count). The van der Waals surface area contributed by atoms with Gasteiger partial charge in [0, 0.05) is 23.7 Å². The number of hydrogen-bond donors (Lipinski definition) is 3. The van der Waals surface area contributed by atoms with Crippen LogP contribution in [-0.2, 0) is 5.41 Å². The number of rotatable bonds is 3. The molecule has 16 heavy (non-hydrogen) atoms. The van der Waals surface area contributed by atoms with Crippen LogP contribution in [0.4, 0.5) is 10.6 Å². The highest BCUT2D eigenvalue weighted by Gasteiger charge is 2.17. The largest absolute Gasteiger partial charge is 0.338 e. The summed E-state index contributed by atoms with van der Waals surface area (Å²) in [6.45, 7) is 8.93. The van der Waals surface area contributed by atoms with Gasteiger partial charge in [-0.25, -0.2) is 4.79 Å². The minimum absolute atomic E-state index is 0.00677. The van der Waals surface area contributed by atoms with Gasteiger partial charge in [-0.3, -0.25) is 10.4 Å². The molecule has 0 aromatic carbocycles. The van der Waals surface area contributed by atoms with Crippen molar-refractivity contribution in [1.82, 2.24) is 15.5 Å². The minimum atomic E-state index is -0.214. The first-order valence-corrected chi connectivity index (χ1v) is 5.54. The molecule has 90 valence electrons. The van der Waals surface area contributed by atoms with Gasteiger partial charge in [0.2, 0.25) is 0 Å². The Labute approximate surface area is 96.0 Å². The summed E-state index contributed by atoms with van der Waals surface area (Å²) in [5, 5.41) is 12.4. The van der Waals surface area contributed by atoms with Crippen molar-refractivity contribution >= 4 is 11.8 Å². The third kappa shape index (κ3) is 3.56. The third-order valence-corrected chi connectivity index (χ3v) is 2.16. The van der Waals surface area contributed by atoms with Gasteiger partial charge in [0.25, 0.3) is 0 Å². The predicted molar refractivity (Wildman–Crippen MR) is 64.6 cm³/mol. The van der Waals surface area contributed by atoms with Crippen molar-refractivity contribution in [2.24, 2.45) is 0 Å². The lowest BCUT2D eigenvalue weighted by Crippen LogP contribution is -2.29. The van der Waals surface area contributed by atoms with E-state index in [4.69, 9.17) is 0 Å². The average molecular weight is 224 g/mol. The standard InChI is InChI=1S/C11H20N4O/c1-5-6-12-10(16)13-9-7-8(14-15-9)11(2,3)4/h7H,5-6H2,1-4H3,(H3,12,13,14,15,16). The first-order chi connectivity index (χ1) is 7.43. The zero-order valence-corrected chi connectivity index (χ0v) is 10.3. The first-order valence-electron chi connectivity index (χ1n) is 5.54. The number of urea groups is 1. The van der Waals surface area contributed by atoms with Gasteiger partial charge in [-0.1, -0.05) is 27.7 Å². The number of anilines is 1. The number of aromatic nitrogens is 2. The van der Waals surface area contributed by atoms with Crippen molar-refractivity contribution in [3.63, 3.8) is 0 Å². The molecule has 0 saturated carbocycles. The van der Waals surface area contributed by atoms with E-state index in [-0.39, 0.29) is 11.4 Å². The molecule has 0 saturated heterocycles. The molecule has 0 atom stereocenters. The molecule has 0 aliphatic carbocycles. The Morgan fingerprint density at radius 3 is 2.69 bits per heavy atom. The Kier molecular flexibility index (Phi) is 3.93. The van der Waals surface area contributed by atoms with Gasteiger partial charge in [-0.05, 0) is 6.42 Å². The van der Waals surface area contributed by atoms with E-state index >= 15 is 0 Å². The highest BCUT2D eigenvalue weighted by Crippen LogP contribution is 2.21. The van der Waals surface area contributed by atoms with Crippen LogP contribution in [0.25, 0.3) is 0 Å². The van der Waals surface area contributed by atoms with Crippen molar-refractivity contribution in [2.45, 2.75) is 39.5 Å². The summed E-state index contributed by atoms with van der Waals surface area (Å²) >= 11 is 0. The molecular weight excluding hydrogens is 204 g/mol. The fourth-order valence-electron chi connectivity index (χ4n) is 1.17. The number of amides is 2. The van der Waals surface area contributed by atoms with Crippen molar-refractivity contribution < 1.29 is 4.79 Å². The maximum atomic E-state index is 11.4. The fourth-order valence-corrected chi connectivity index (χ4v) is 1.17. The van der Waals surface area contributed by atoms with Crippen LogP contribution in [0, 0.1) is 0 Å². The summed E-state index contributed by atoms with van der Waals surface area (Å²) in [4.78, 5) is 11.4. The van der Waals surface area contributed by atoms with Crippen molar-refractivity contribution in [3.8, 4) is 0 Å². The molecule has 1 aromatic heterocycles. The van der Waals surface area contributed by atoms with Gasteiger partial charge < -0.3 is 5.32 Å². The molecule has 1 aromatic rings. The van der Waals surface area contributed by atoms with Crippen LogP contribution in [-0.4, -0.2) is 22.8 Å². The Morgan fingerprint density at radius 2 is 2.19 bits per heavy atom. The van der Waals surface area contributed by atoms with Gasteiger partial charge in [-0.2, -0.15) is 5.10 Å². The minimum Gasteiger partial charge on any atom is -0.338 e. The van der Waals surface area contributed by atoms with E-state index in [2.05, 4.69) is 41.6 Å². The van der Waals surface area contributed by atoms with Crippen LogP contribution in [0.3, 0.4) is 0 Å². The molecule has 0 unspecified atom stereocenters. The van der Waals surface area contributed by atoms with Gasteiger partial charge in [0.1, 0.15) is 0 Å². The highest BCUT2D eigenvalue weighted by atomic mass is 16.2. The summed E-state index contributed by atoms with van der Waals surface area (Å²) in [6, 6.07) is 1.64. The second-order valence-electron chi connectivity index (χ2n) is 4.80. The van der Waals surface area contributed by atoms with E-state index in [0.717, 1.165) is 12.1 Å². The van der Waals surface area contributed by atoms with Gasteiger partial charge in [-0.15, -0.1) is 0 Å². The molecule has 0 aliphatic rings. The smallest absolute Gasteiger partial charge is 0.320 e. The summed E-state index contributed by atoms with van der Waals surface area (Å²) in [7, 11) is 0. The summed E-state index contributed by atoms with van der Waals surface area (Å²) in [5.41, 5.74) is 1.01. The molecule has 2 amide bonds. The Hall–Kier alpha value is -1.52.